The third kappa shape index (κ3) is 19.6. The van der Waals surface area contributed by atoms with Gasteiger partial charge in [-0.3, -0.25) is 18.7 Å². The van der Waals surface area contributed by atoms with Crippen molar-refractivity contribution in [1.29, 1.82) is 0 Å². The number of aliphatic carboxylic acids is 2. The van der Waals surface area contributed by atoms with Crippen molar-refractivity contribution >= 4 is 72.9 Å². The standard InChI is InChI=1S/2C21H29N6O5P.C4H4O4/c2*1-14(2)31-21(28)16(4)26-33(29,32-17-8-6-5-7-9-17)13-30-15(3)10-27-12-25-18-19(22)23-11-24-20(18)27;5-3(6)1-2-4(7)8/h2*5-9,11-12,14-16H,10,13H2,1-4H3,(H,26,29)(H2,22,23,24);1-2H,(H,5,6)(H,7,8)/t15-,16+,33?;15-,16+,33+;/m11./s1. The normalized spacial score (nSPS) is 14.6. The van der Waals surface area contributed by atoms with E-state index in [2.05, 4.69) is 40.1 Å². The molecule has 1 unspecified atom stereocenters. The number of benzene rings is 2. The fourth-order valence-corrected chi connectivity index (χ4v) is 9.74. The fraction of sp³-hybridized carbons (Fsp3) is 0.391. The van der Waals surface area contributed by atoms with Crippen LogP contribution in [0.5, 0.6) is 11.5 Å². The molecule has 400 valence electrons. The van der Waals surface area contributed by atoms with E-state index in [1.807, 2.05) is 26.0 Å². The Morgan fingerprint density at radius 2 is 0.932 bits per heavy atom. The van der Waals surface area contributed by atoms with Crippen LogP contribution in [0.2, 0.25) is 0 Å². The minimum atomic E-state index is -3.64. The topological polar surface area (TPSA) is 362 Å². The number of nitrogens with one attached hydrogen (secondary N) is 2. The van der Waals surface area contributed by atoms with E-state index in [-0.39, 0.29) is 37.1 Å². The monoisotopic (exact) mass is 1070 g/mol. The van der Waals surface area contributed by atoms with E-state index in [4.69, 9.17) is 49.7 Å². The van der Waals surface area contributed by atoms with Crippen LogP contribution in [-0.2, 0) is 60.3 Å². The van der Waals surface area contributed by atoms with Crippen LogP contribution in [0, 0.1) is 0 Å². The van der Waals surface area contributed by atoms with Crippen molar-refractivity contribution in [1.82, 2.24) is 49.2 Å². The molecule has 0 aliphatic rings. The highest BCUT2D eigenvalue weighted by Gasteiger charge is 2.33. The van der Waals surface area contributed by atoms with E-state index in [0.29, 0.717) is 70.7 Å². The molecule has 0 saturated heterocycles. The van der Waals surface area contributed by atoms with Crippen LogP contribution in [-0.4, -0.2) is 122 Å². The Morgan fingerprint density at radius 1 is 0.581 bits per heavy atom. The number of ether oxygens (including phenoxy) is 4. The highest BCUT2D eigenvalue weighted by atomic mass is 31.2. The molecule has 6 atom stereocenters. The number of carboxylic acids is 2. The average Bonchev–Trinajstić information content (AvgIpc) is 3.95. The first-order chi connectivity index (χ1) is 35.0. The highest BCUT2D eigenvalue weighted by Crippen LogP contribution is 2.45. The van der Waals surface area contributed by atoms with Gasteiger partial charge in [0, 0.05) is 12.2 Å². The molecule has 4 heterocycles. The molecule has 0 aliphatic heterocycles. The number of rotatable bonds is 24. The Bertz CT molecular complexity index is 2710. The summed E-state index contributed by atoms with van der Waals surface area (Å²) in [4.78, 5) is 68.4. The summed E-state index contributed by atoms with van der Waals surface area (Å²) in [7, 11) is -7.28. The number of fused-ring (bicyclic) bond motifs is 2. The maximum absolute atomic E-state index is 13.6. The van der Waals surface area contributed by atoms with Crippen molar-refractivity contribution in [3.63, 3.8) is 0 Å². The number of hydrogen-bond acceptors (Lipinski definition) is 20. The zero-order valence-electron chi connectivity index (χ0n) is 42.0. The summed E-state index contributed by atoms with van der Waals surface area (Å²) >= 11 is 0. The van der Waals surface area contributed by atoms with Crippen molar-refractivity contribution in [2.24, 2.45) is 0 Å². The molecule has 74 heavy (non-hydrogen) atoms. The number of carbonyl (C=O) groups excluding carboxylic acids is 2. The molecule has 0 fully saturated rings. The maximum Gasteiger partial charge on any atom is 0.342 e. The smallest absolute Gasteiger partial charge is 0.342 e. The summed E-state index contributed by atoms with van der Waals surface area (Å²) in [5, 5.41) is 21.2. The zero-order valence-corrected chi connectivity index (χ0v) is 43.7. The molecule has 26 nitrogen and oxygen atoms in total. The zero-order chi connectivity index (χ0) is 54.6. The van der Waals surface area contributed by atoms with Crippen LogP contribution in [0.4, 0.5) is 11.6 Å². The minimum Gasteiger partial charge on any atom is -0.478 e. The van der Waals surface area contributed by atoms with Gasteiger partial charge in [0.25, 0.3) is 0 Å². The molecule has 28 heteroatoms. The molecule has 4 aromatic heterocycles. The van der Waals surface area contributed by atoms with Crippen LogP contribution in [0.15, 0.2) is 98.1 Å². The molecule has 0 spiro atoms. The van der Waals surface area contributed by atoms with Gasteiger partial charge in [0.1, 0.15) is 60.0 Å². The lowest BCUT2D eigenvalue weighted by molar-refractivity contribution is -0.149. The molecule has 8 N–H and O–H groups in total. The summed E-state index contributed by atoms with van der Waals surface area (Å²) in [6.45, 7) is 14.5. The van der Waals surface area contributed by atoms with Gasteiger partial charge in [-0.2, -0.15) is 0 Å². The highest BCUT2D eigenvalue weighted by molar-refractivity contribution is 7.57. The Labute approximate surface area is 426 Å². The van der Waals surface area contributed by atoms with Gasteiger partial charge in [-0.05, 0) is 79.7 Å². The van der Waals surface area contributed by atoms with Gasteiger partial charge in [-0.1, -0.05) is 36.4 Å². The number of nitrogen functional groups attached to an aromatic ring is 2. The number of carbonyl (C=O) groups is 4. The number of imidazole rings is 2. The van der Waals surface area contributed by atoms with Crippen LogP contribution in [0.25, 0.3) is 22.3 Å². The Hall–Kier alpha value is -7.34. The van der Waals surface area contributed by atoms with Gasteiger partial charge in [0.15, 0.2) is 22.9 Å². The Kier molecular flexibility index (Phi) is 22.6. The van der Waals surface area contributed by atoms with Crippen LogP contribution in [0.3, 0.4) is 0 Å². The second-order valence-corrected chi connectivity index (χ2v) is 20.8. The first-order valence-corrected chi connectivity index (χ1v) is 26.4. The van der Waals surface area contributed by atoms with Crippen molar-refractivity contribution in [3.8, 4) is 11.5 Å². The quantitative estimate of drug-likeness (QED) is 0.0242. The summed E-state index contributed by atoms with van der Waals surface area (Å²) in [5.74, 6) is -2.21. The number of para-hydroxylation sites is 2. The number of nitrogens with zero attached hydrogens (tertiary/aromatic N) is 8. The van der Waals surface area contributed by atoms with E-state index >= 15 is 0 Å². The third-order valence-corrected chi connectivity index (χ3v) is 12.9. The van der Waals surface area contributed by atoms with Crippen molar-refractivity contribution < 1.29 is 66.5 Å². The molecule has 6 rings (SSSR count). The number of esters is 2. The Balaban J connectivity index is 0.000000279. The molecule has 0 aliphatic carbocycles. The van der Waals surface area contributed by atoms with Crippen molar-refractivity contribution in [2.75, 3.05) is 24.2 Å². The molecular weight excluding hydrogens is 1010 g/mol. The van der Waals surface area contributed by atoms with Gasteiger partial charge in [0.05, 0.1) is 50.2 Å². The predicted molar refractivity (Wildman–Crippen MR) is 272 cm³/mol. The Morgan fingerprint density at radius 3 is 1.26 bits per heavy atom. The van der Waals surface area contributed by atoms with Crippen LogP contribution < -0.4 is 30.7 Å². The summed E-state index contributed by atoms with van der Waals surface area (Å²) in [5.41, 5.74) is 13.8. The predicted octanol–water partition coefficient (Wildman–Crippen LogP) is 5.66. The van der Waals surface area contributed by atoms with Gasteiger partial charge in [-0.25, -0.2) is 49.7 Å². The van der Waals surface area contributed by atoms with E-state index in [1.54, 1.807) is 112 Å². The lowest BCUT2D eigenvalue weighted by Gasteiger charge is -2.25. The van der Waals surface area contributed by atoms with Gasteiger partial charge in [0.2, 0.25) is 0 Å². The van der Waals surface area contributed by atoms with Crippen molar-refractivity contribution in [2.45, 2.75) is 105 Å². The second-order valence-electron chi connectivity index (χ2n) is 16.7. The van der Waals surface area contributed by atoms with Crippen molar-refractivity contribution in [3.05, 3.63) is 98.1 Å². The largest absolute Gasteiger partial charge is 0.478 e. The third-order valence-electron chi connectivity index (χ3n) is 9.38. The van der Waals surface area contributed by atoms with Gasteiger partial charge >= 0.3 is 38.9 Å². The maximum atomic E-state index is 13.6. The number of anilines is 2. The average molecular weight is 1070 g/mol. The van der Waals surface area contributed by atoms with E-state index in [9.17, 15) is 28.3 Å². The summed E-state index contributed by atoms with van der Waals surface area (Å²) in [6, 6.07) is 15.7. The summed E-state index contributed by atoms with van der Waals surface area (Å²) in [6.07, 6.45) is 5.14. The molecule has 0 saturated carbocycles. The molecule has 6 aromatic rings. The second kappa shape index (κ2) is 28.2. The van der Waals surface area contributed by atoms with E-state index in [0.717, 1.165) is 0 Å². The molecular formula is C46H62N12O14P2. The number of carboxylic acid groups (broad SMARTS) is 2. The lowest BCUT2D eigenvalue weighted by atomic mass is 10.3. The van der Waals surface area contributed by atoms with Gasteiger partial charge in [-0.15, -0.1) is 0 Å². The molecule has 0 bridgehead atoms. The molecule has 0 radical (unpaired) electrons. The summed E-state index contributed by atoms with van der Waals surface area (Å²) < 4.78 is 64.4. The van der Waals surface area contributed by atoms with E-state index in [1.165, 1.54) is 12.7 Å². The lowest BCUT2D eigenvalue weighted by Crippen LogP contribution is -2.37. The fourth-order valence-electron chi connectivity index (χ4n) is 6.16. The first-order valence-electron chi connectivity index (χ1n) is 22.8. The molecule has 0 amide bonds. The number of hydrogen-bond donors (Lipinski definition) is 6. The van der Waals surface area contributed by atoms with Crippen LogP contribution in [0.1, 0.15) is 55.4 Å². The van der Waals surface area contributed by atoms with E-state index < -0.39 is 51.0 Å². The number of nitrogens with two attached hydrogens (primary N) is 2. The van der Waals surface area contributed by atoms with Gasteiger partial charge < -0.3 is 58.8 Å². The van der Waals surface area contributed by atoms with Crippen LogP contribution >= 0.6 is 15.0 Å². The number of aromatic nitrogens is 8. The first kappa shape index (κ1) is 59.2. The SMILES string of the molecule is CC(C)OC(=O)[C@H](C)NP(=O)(CO[C@H](C)Cn1cnc2c(N)ncnc21)Oc1ccccc1.CC(C)OC(=O)[C@H](C)N[P@](=O)(CO[C@H](C)Cn1cnc2c(N)ncnc21)Oc1ccccc1.O=C(O)C=CC(=O)O. The minimum absolute atomic E-state index is 0.272. The molecule has 2 aromatic carbocycles.